The predicted octanol–water partition coefficient (Wildman–Crippen LogP) is 2.67. The highest BCUT2D eigenvalue weighted by atomic mass is 16.5. The number of hydrogen-bond donors (Lipinski definition) is 1. The predicted molar refractivity (Wildman–Crippen MR) is 79.1 cm³/mol. The Morgan fingerprint density at radius 1 is 0.952 bits per heavy atom. The molecule has 5 nitrogen and oxygen atoms in total. The summed E-state index contributed by atoms with van der Waals surface area (Å²) in [6.45, 7) is 0. The number of methoxy groups -OCH3 is 1. The molecule has 2 aromatic carbocycles. The SMILES string of the molecule is COc1ccc(N(C)C(=O)c2ccc(C(=O)O)cc2)cc1. The van der Waals surface area contributed by atoms with Crippen LogP contribution in [0.4, 0.5) is 5.69 Å². The van der Waals surface area contributed by atoms with Crippen molar-refractivity contribution >= 4 is 17.6 Å². The Kier molecular flexibility index (Phi) is 4.23. The number of nitrogens with zero attached hydrogens (tertiary/aromatic N) is 1. The zero-order valence-corrected chi connectivity index (χ0v) is 11.7. The zero-order valence-electron chi connectivity index (χ0n) is 11.7. The zero-order chi connectivity index (χ0) is 15.4. The van der Waals surface area contributed by atoms with Crippen LogP contribution in [0.25, 0.3) is 0 Å². The third-order valence-electron chi connectivity index (χ3n) is 3.14. The molecular formula is C16H15NO4. The summed E-state index contributed by atoms with van der Waals surface area (Å²) in [5.41, 5.74) is 1.31. The summed E-state index contributed by atoms with van der Waals surface area (Å²) >= 11 is 0. The monoisotopic (exact) mass is 285 g/mol. The molecule has 0 saturated carbocycles. The van der Waals surface area contributed by atoms with Crippen LogP contribution >= 0.6 is 0 Å². The van der Waals surface area contributed by atoms with Gasteiger partial charge < -0.3 is 14.7 Å². The Labute approximate surface area is 122 Å². The normalized spacial score (nSPS) is 10.0. The maximum absolute atomic E-state index is 12.3. The van der Waals surface area contributed by atoms with Gasteiger partial charge in [0.05, 0.1) is 12.7 Å². The van der Waals surface area contributed by atoms with E-state index in [1.165, 1.54) is 29.2 Å². The average molecular weight is 285 g/mol. The molecule has 0 atom stereocenters. The molecule has 0 bridgehead atoms. The number of carbonyl (C=O) groups is 2. The van der Waals surface area contributed by atoms with Crippen LogP contribution in [0.1, 0.15) is 20.7 Å². The molecule has 0 aromatic heterocycles. The maximum atomic E-state index is 12.3. The molecule has 0 spiro atoms. The van der Waals surface area contributed by atoms with E-state index in [1.54, 1.807) is 38.4 Å². The molecule has 1 N–H and O–H groups in total. The van der Waals surface area contributed by atoms with Gasteiger partial charge >= 0.3 is 5.97 Å². The van der Waals surface area contributed by atoms with Crippen molar-refractivity contribution < 1.29 is 19.4 Å². The van der Waals surface area contributed by atoms with E-state index in [9.17, 15) is 9.59 Å². The van der Waals surface area contributed by atoms with Crippen molar-refractivity contribution in [3.8, 4) is 5.75 Å². The molecule has 21 heavy (non-hydrogen) atoms. The lowest BCUT2D eigenvalue weighted by Gasteiger charge is -2.17. The van der Waals surface area contributed by atoms with Gasteiger partial charge in [0.2, 0.25) is 0 Å². The van der Waals surface area contributed by atoms with Gasteiger partial charge in [0.15, 0.2) is 0 Å². The number of ether oxygens (including phenoxy) is 1. The van der Waals surface area contributed by atoms with Crippen LogP contribution in [0.3, 0.4) is 0 Å². The van der Waals surface area contributed by atoms with Crippen molar-refractivity contribution in [1.29, 1.82) is 0 Å². The van der Waals surface area contributed by atoms with Gasteiger partial charge in [-0.3, -0.25) is 4.79 Å². The standard InChI is InChI=1S/C16H15NO4/c1-17(13-7-9-14(21-2)10-8-13)15(18)11-3-5-12(6-4-11)16(19)20/h3-10H,1-2H3,(H,19,20). The van der Waals surface area contributed by atoms with Gasteiger partial charge in [-0.15, -0.1) is 0 Å². The molecule has 2 aromatic rings. The third-order valence-corrected chi connectivity index (χ3v) is 3.14. The molecule has 108 valence electrons. The van der Waals surface area contributed by atoms with Crippen LogP contribution in [0.15, 0.2) is 48.5 Å². The average Bonchev–Trinajstić information content (AvgIpc) is 2.53. The van der Waals surface area contributed by atoms with Crippen LogP contribution < -0.4 is 9.64 Å². The fraction of sp³-hybridized carbons (Fsp3) is 0.125. The molecule has 0 aliphatic carbocycles. The summed E-state index contributed by atoms with van der Waals surface area (Å²) in [6.07, 6.45) is 0. The Morgan fingerprint density at radius 3 is 1.95 bits per heavy atom. The van der Waals surface area contributed by atoms with Crippen LogP contribution in [-0.2, 0) is 0 Å². The third kappa shape index (κ3) is 3.20. The van der Waals surface area contributed by atoms with Crippen LogP contribution in [-0.4, -0.2) is 31.1 Å². The quantitative estimate of drug-likeness (QED) is 0.937. The first-order chi connectivity index (χ1) is 10.0. The van der Waals surface area contributed by atoms with Gasteiger partial charge in [0.1, 0.15) is 5.75 Å². The van der Waals surface area contributed by atoms with Gasteiger partial charge in [-0.2, -0.15) is 0 Å². The first-order valence-electron chi connectivity index (χ1n) is 6.28. The highest BCUT2D eigenvalue weighted by molar-refractivity contribution is 6.06. The summed E-state index contributed by atoms with van der Waals surface area (Å²) in [5.74, 6) is -0.514. The highest BCUT2D eigenvalue weighted by Gasteiger charge is 2.14. The van der Waals surface area contributed by atoms with Crippen molar-refractivity contribution in [2.45, 2.75) is 0 Å². The van der Waals surface area contributed by atoms with Gasteiger partial charge in [0.25, 0.3) is 5.91 Å². The number of aromatic carboxylic acids is 1. The van der Waals surface area contributed by atoms with Crippen molar-refractivity contribution in [2.24, 2.45) is 0 Å². The Balaban J connectivity index is 2.19. The Bertz CT molecular complexity index is 647. The number of benzene rings is 2. The molecule has 5 heteroatoms. The van der Waals surface area contributed by atoms with E-state index < -0.39 is 5.97 Å². The van der Waals surface area contributed by atoms with Gasteiger partial charge in [-0.05, 0) is 48.5 Å². The molecule has 1 amide bonds. The molecule has 0 aliphatic rings. The summed E-state index contributed by atoms with van der Waals surface area (Å²) in [4.78, 5) is 24.6. The lowest BCUT2D eigenvalue weighted by Crippen LogP contribution is -2.26. The second-order valence-corrected chi connectivity index (χ2v) is 4.44. The fourth-order valence-corrected chi connectivity index (χ4v) is 1.87. The van der Waals surface area contributed by atoms with Crippen molar-refractivity contribution in [1.82, 2.24) is 0 Å². The smallest absolute Gasteiger partial charge is 0.335 e. The highest BCUT2D eigenvalue weighted by Crippen LogP contribution is 2.20. The van der Waals surface area contributed by atoms with Gasteiger partial charge in [-0.25, -0.2) is 4.79 Å². The van der Waals surface area contributed by atoms with Crippen LogP contribution in [0, 0.1) is 0 Å². The number of rotatable bonds is 4. The lowest BCUT2D eigenvalue weighted by molar-refractivity contribution is 0.0696. The number of carboxylic acid groups (broad SMARTS) is 1. The number of carbonyl (C=O) groups excluding carboxylic acids is 1. The van der Waals surface area contributed by atoms with Crippen molar-refractivity contribution in [3.05, 3.63) is 59.7 Å². The Hall–Kier alpha value is -2.82. The molecule has 0 heterocycles. The second-order valence-electron chi connectivity index (χ2n) is 4.44. The Morgan fingerprint density at radius 2 is 1.48 bits per heavy atom. The fourth-order valence-electron chi connectivity index (χ4n) is 1.87. The van der Waals surface area contributed by atoms with E-state index in [1.807, 2.05) is 0 Å². The molecule has 0 saturated heterocycles. The van der Waals surface area contributed by atoms with Crippen LogP contribution in [0.2, 0.25) is 0 Å². The molecule has 0 aliphatic heterocycles. The largest absolute Gasteiger partial charge is 0.497 e. The first kappa shape index (κ1) is 14.6. The minimum atomic E-state index is -1.02. The number of anilines is 1. The van der Waals surface area contributed by atoms with Crippen molar-refractivity contribution in [3.63, 3.8) is 0 Å². The van der Waals surface area contributed by atoms with E-state index in [-0.39, 0.29) is 11.5 Å². The first-order valence-corrected chi connectivity index (χ1v) is 6.28. The lowest BCUT2D eigenvalue weighted by atomic mass is 10.1. The molecular weight excluding hydrogens is 270 g/mol. The van der Waals surface area contributed by atoms with Gasteiger partial charge in [-0.1, -0.05) is 0 Å². The summed E-state index contributed by atoms with van der Waals surface area (Å²) in [6, 6.07) is 12.9. The number of amides is 1. The summed E-state index contributed by atoms with van der Waals surface area (Å²) in [5, 5.41) is 8.84. The second kappa shape index (κ2) is 6.09. The summed E-state index contributed by atoms with van der Waals surface area (Å²) < 4.78 is 5.07. The topological polar surface area (TPSA) is 66.8 Å². The van der Waals surface area contributed by atoms with E-state index in [0.717, 1.165) is 5.69 Å². The van der Waals surface area contributed by atoms with Gasteiger partial charge in [0, 0.05) is 18.3 Å². The van der Waals surface area contributed by atoms with Crippen LogP contribution in [0.5, 0.6) is 5.75 Å². The molecule has 0 unspecified atom stereocenters. The molecule has 2 rings (SSSR count). The minimum Gasteiger partial charge on any atom is -0.497 e. The number of carboxylic acids is 1. The maximum Gasteiger partial charge on any atom is 0.335 e. The van der Waals surface area contributed by atoms with E-state index >= 15 is 0 Å². The molecule has 0 radical (unpaired) electrons. The number of hydrogen-bond acceptors (Lipinski definition) is 3. The molecule has 0 fully saturated rings. The van der Waals surface area contributed by atoms with E-state index in [0.29, 0.717) is 11.3 Å². The summed E-state index contributed by atoms with van der Waals surface area (Å²) in [7, 11) is 3.24. The minimum absolute atomic E-state index is 0.152. The van der Waals surface area contributed by atoms with E-state index in [2.05, 4.69) is 0 Å². The van der Waals surface area contributed by atoms with Crippen molar-refractivity contribution in [2.75, 3.05) is 19.1 Å². The van der Waals surface area contributed by atoms with E-state index in [4.69, 9.17) is 9.84 Å².